The monoisotopic (exact) mass is 213 g/mol. The molecule has 3 heteroatoms. The minimum absolute atomic E-state index is 0.329. The number of unbranched alkanes of at least 4 members (excludes halogenated alkanes) is 2. The second kappa shape index (κ2) is 7.97. The van der Waals surface area contributed by atoms with Gasteiger partial charge in [-0.15, -0.1) is 11.3 Å². The van der Waals surface area contributed by atoms with Crippen LogP contribution >= 0.6 is 11.3 Å². The Bertz CT molecular complexity index is 211. The van der Waals surface area contributed by atoms with Gasteiger partial charge in [0.25, 0.3) is 0 Å². The Labute approximate surface area is 90.0 Å². The predicted octanol–water partition coefficient (Wildman–Crippen LogP) is 2.04. The summed E-state index contributed by atoms with van der Waals surface area (Å²) in [6.45, 7) is 2.47. The van der Waals surface area contributed by atoms with Crippen molar-refractivity contribution >= 4 is 11.3 Å². The van der Waals surface area contributed by atoms with E-state index in [4.69, 9.17) is 5.11 Å². The van der Waals surface area contributed by atoms with Crippen molar-refractivity contribution in [2.45, 2.75) is 25.7 Å². The second-order valence-electron chi connectivity index (χ2n) is 3.36. The molecule has 0 atom stereocenters. The molecule has 0 saturated heterocycles. The van der Waals surface area contributed by atoms with E-state index in [1.54, 1.807) is 0 Å². The average molecular weight is 213 g/mol. The lowest BCUT2D eigenvalue weighted by molar-refractivity contribution is 0.283. The van der Waals surface area contributed by atoms with Crippen molar-refractivity contribution in [3.05, 3.63) is 22.4 Å². The molecule has 0 aliphatic carbocycles. The van der Waals surface area contributed by atoms with Gasteiger partial charge in [-0.2, -0.15) is 0 Å². The highest BCUT2D eigenvalue weighted by atomic mass is 32.1. The summed E-state index contributed by atoms with van der Waals surface area (Å²) in [4.78, 5) is 1.45. The van der Waals surface area contributed by atoms with E-state index in [0.717, 1.165) is 32.4 Å². The lowest BCUT2D eigenvalue weighted by Crippen LogP contribution is -2.18. The highest BCUT2D eigenvalue weighted by molar-refractivity contribution is 7.09. The molecule has 0 radical (unpaired) electrons. The van der Waals surface area contributed by atoms with Gasteiger partial charge in [0.15, 0.2) is 0 Å². The summed E-state index contributed by atoms with van der Waals surface area (Å²) in [5, 5.41) is 14.1. The van der Waals surface area contributed by atoms with Crippen LogP contribution in [0.15, 0.2) is 17.5 Å². The summed E-state index contributed by atoms with van der Waals surface area (Å²) < 4.78 is 0. The van der Waals surface area contributed by atoms with Crippen LogP contribution in [0, 0.1) is 0 Å². The van der Waals surface area contributed by atoms with Gasteiger partial charge in [-0.05, 0) is 50.2 Å². The number of hydrogen-bond donors (Lipinski definition) is 2. The molecule has 0 fully saturated rings. The fourth-order valence-electron chi connectivity index (χ4n) is 1.33. The molecule has 80 valence electrons. The summed E-state index contributed by atoms with van der Waals surface area (Å²) in [5.41, 5.74) is 0. The van der Waals surface area contributed by atoms with Crippen molar-refractivity contribution in [3.63, 3.8) is 0 Å². The highest BCUT2D eigenvalue weighted by Gasteiger charge is 1.93. The Hall–Kier alpha value is -0.380. The Kier molecular flexibility index (Phi) is 6.66. The van der Waals surface area contributed by atoms with Gasteiger partial charge in [-0.25, -0.2) is 0 Å². The molecule has 0 unspecified atom stereocenters. The van der Waals surface area contributed by atoms with E-state index in [1.807, 2.05) is 11.3 Å². The molecule has 0 amide bonds. The minimum Gasteiger partial charge on any atom is -0.396 e. The smallest absolute Gasteiger partial charge is 0.0431 e. The van der Waals surface area contributed by atoms with Crippen molar-refractivity contribution in [2.24, 2.45) is 0 Å². The summed E-state index contributed by atoms with van der Waals surface area (Å²) >= 11 is 1.82. The maximum absolute atomic E-state index is 8.57. The van der Waals surface area contributed by atoms with Gasteiger partial charge < -0.3 is 10.4 Å². The highest BCUT2D eigenvalue weighted by Crippen LogP contribution is 2.07. The molecular weight excluding hydrogens is 194 g/mol. The van der Waals surface area contributed by atoms with Gasteiger partial charge in [0.05, 0.1) is 0 Å². The van der Waals surface area contributed by atoms with Gasteiger partial charge >= 0.3 is 0 Å². The zero-order valence-electron chi connectivity index (χ0n) is 8.54. The molecule has 1 rings (SSSR count). The summed E-state index contributed by atoms with van der Waals surface area (Å²) in [6.07, 6.45) is 4.37. The molecule has 0 bridgehead atoms. The molecule has 0 spiro atoms. The molecule has 0 aromatic carbocycles. The predicted molar refractivity (Wildman–Crippen MR) is 61.8 cm³/mol. The fourth-order valence-corrected chi connectivity index (χ4v) is 2.04. The lowest BCUT2D eigenvalue weighted by Gasteiger charge is -2.02. The van der Waals surface area contributed by atoms with E-state index in [2.05, 4.69) is 22.8 Å². The van der Waals surface area contributed by atoms with E-state index in [0.29, 0.717) is 6.61 Å². The Morgan fingerprint density at radius 1 is 1.21 bits per heavy atom. The second-order valence-corrected chi connectivity index (χ2v) is 4.40. The first-order chi connectivity index (χ1) is 6.93. The first kappa shape index (κ1) is 11.7. The van der Waals surface area contributed by atoms with Crippen LogP contribution in [0.2, 0.25) is 0 Å². The summed E-state index contributed by atoms with van der Waals surface area (Å²) in [7, 11) is 0. The molecule has 2 N–H and O–H groups in total. The van der Waals surface area contributed by atoms with Crippen LogP contribution in [0.5, 0.6) is 0 Å². The van der Waals surface area contributed by atoms with E-state index in [-0.39, 0.29) is 0 Å². The molecule has 0 saturated carbocycles. The SMILES string of the molecule is OCCCCCNCCc1cccs1. The normalized spacial score (nSPS) is 10.6. The molecule has 1 heterocycles. The van der Waals surface area contributed by atoms with Crippen molar-refractivity contribution < 1.29 is 5.11 Å². The average Bonchev–Trinajstić information content (AvgIpc) is 2.69. The van der Waals surface area contributed by atoms with Crippen molar-refractivity contribution in [1.29, 1.82) is 0 Å². The molecular formula is C11H19NOS. The first-order valence-corrected chi connectivity index (χ1v) is 6.15. The summed E-state index contributed by atoms with van der Waals surface area (Å²) in [5.74, 6) is 0. The van der Waals surface area contributed by atoms with Gasteiger partial charge in [0, 0.05) is 11.5 Å². The lowest BCUT2D eigenvalue weighted by atomic mass is 10.2. The Morgan fingerprint density at radius 3 is 2.86 bits per heavy atom. The molecule has 0 aliphatic rings. The van der Waals surface area contributed by atoms with E-state index < -0.39 is 0 Å². The van der Waals surface area contributed by atoms with Crippen LogP contribution in [0.1, 0.15) is 24.1 Å². The third kappa shape index (κ3) is 5.37. The summed E-state index contributed by atoms with van der Waals surface area (Å²) in [6, 6.07) is 4.28. The number of aliphatic hydroxyl groups is 1. The van der Waals surface area contributed by atoms with Crippen LogP contribution in [0.25, 0.3) is 0 Å². The van der Waals surface area contributed by atoms with Gasteiger partial charge in [0.2, 0.25) is 0 Å². The maximum Gasteiger partial charge on any atom is 0.0431 e. The minimum atomic E-state index is 0.329. The van der Waals surface area contributed by atoms with E-state index >= 15 is 0 Å². The molecule has 1 aromatic heterocycles. The Balaban J connectivity index is 1.85. The third-order valence-electron chi connectivity index (χ3n) is 2.14. The fraction of sp³-hybridized carbons (Fsp3) is 0.636. The zero-order chi connectivity index (χ0) is 10.1. The molecule has 0 aliphatic heterocycles. The standard InChI is InChI=1S/C11H19NOS/c13-9-3-1-2-7-12-8-6-11-5-4-10-14-11/h4-5,10,12-13H,1-3,6-9H2. The van der Waals surface area contributed by atoms with E-state index in [1.165, 1.54) is 11.3 Å². The van der Waals surface area contributed by atoms with Crippen molar-refractivity contribution in [3.8, 4) is 0 Å². The number of nitrogens with one attached hydrogen (secondary N) is 1. The molecule has 2 nitrogen and oxygen atoms in total. The Morgan fingerprint density at radius 2 is 2.14 bits per heavy atom. The number of hydrogen-bond acceptors (Lipinski definition) is 3. The molecule has 14 heavy (non-hydrogen) atoms. The number of aliphatic hydroxyl groups excluding tert-OH is 1. The van der Waals surface area contributed by atoms with Crippen molar-refractivity contribution in [1.82, 2.24) is 5.32 Å². The van der Waals surface area contributed by atoms with Gasteiger partial charge in [-0.3, -0.25) is 0 Å². The maximum atomic E-state index is 8.57. The van der Waals surface area contributed by atoms with Crippen LogP contribution in [0.3, 0.4) is 0 Å². The number of rotatable bonds is 8. The first-order valence-electron chi connectivity index (χ1n) is 5.27. The zero-order valence-corrected chi connectivity index (χ0v) is 9.35. The van der Waals surface area contributed by atoms with E-state index in [9.17, 15) is 0 Å². The third-order valence-corrected chi connectivity index (χ3v) is 3.08. The van der Waals surface area contributed by atoms with Crippen LogP contribution < -0.4 is 5.32 Å². The topological polar surface area (TPSA) is 32.3 Å². The largest absolute Gasteiger partial charge is 0.396 e. The molecule has 1 aromatic rings. The number of thiophene rings is 1. The van der Waals surface area contributed by atoms with Crippen molar-refractivity contribution in [2.75, 3.05) is 19.7 Å². The van der Waals surface area contributed by atoms with Crippen LogP contribution in [-0.2, 0) is 6.42 Å². The van der Waals surface area contributed by atoms with Crippen LogP contribution in [-0.4, -0.2) is 24.8 Å². The van der Waals surface area contributed by atoms with Gasteiger partial charge in [-0.1, -0.05) is 6.07 Å². The quantitative estimate of drug-likeness (QED) is 0.648. The van der Waals surface area contributed by atoms with Gasteiger partial charge in [0.1, 0.15) is 0 Å². The van der Waals surface area contributed by atoms with Crippen LogP contribution in [0.4, 0.5) is 0 Å².